The van der Waals surface area contributed by atoms with E-state index in [1.165, 1.54) is 0 Å². The highest BCUT2D eigenvalue weighted by molar-refractivity contribution is 5.85. The van der Waals surface area contributed by atoms with E-state index in [-0.39, 0.29) is 35.7 Å². The van der Waals surface area contributed by atoms with Crippen LogP contribution in [0.25, 0.3) is 0 Å². The minimum atomic E-state index is -0.0539. The molecule has 3 N–H and O–H groups in total. The summed E-state index contributed by atoms with van der Waals surface area (Å²) in [6.07, 6.45) is 1.05. The van der Waals surface area contributed by atoms with Crippen molar-refractivity contribution in [3.05, 3.63) is 23.8 Å². The molecule has 1 aromatic carbocycles. The number of likely N-dealkylation sites (tertiary alicyclic amines) is 1. The molecule has 7 heteroatoms. The molecule has 3 rings (SSSR count). The van der Waals surface area contributed by atoms with Crippen molar-refractivity contribution in [3.8, 4) is 11.5 Å². The van der Waals surface area contributed by atoms with E-state index in [4.69, 9.17) is 15.2 Å². The molecule has 2 aliphatic rings. The molecule has 0 bridgehead atoms. The first-order valence-corrected chi connectivity index (χ1v) is 9.51. The molecule has 6 nitrogen and oxygen atoms in total. The number of carbonyl (C=O) groups excluding carboxylic acids is 1. The zero-order valence-electron chi connectivity index (χ0n) is 16.5. The van der Waals surface area contributed by atoms with Crippen molar-refractivity contribution in [2.75, 3.05) is 39.4 Å². The lowest BCUT2D eigenvalue weighted by atomic mass is 9.90. The van der Waals surface area contributed by atoms with Crippen LogP contribution in [-0.2, 0) is 4.79 Å². The van der Waals surface area contributed by atoms with E-state index in [1.54, 1.807) is 0 Å². The van der Waals surface area contributed by atoms with Crippen LogP contribution in [0.5, 0.6) is 11.5 Å². The Hall–Kier alpha value is -1.50. The fourth-order valence-electron chi connectivity index (χ4n) is 3.74. The Morgan fingerprint density at radius 3 is 2.63 bits per heavy atom. The molecule has 1 aromatic rings. The largest absolute Gasteiger partial charge is 0.486 e. The predicted molar refractivity (Wildman–Crippen MR) is 109 cm³/mol. The molecule has 1 fully saturated rings. The summed E-state index contributed by atoms with van der Waals surface area (Å²) < 4.78 is 11.3. The molecule has 2 atom stereocenters. The molecule has 27 heavy (non-hydrogen) atoms. The van der Waals surface area contributed by atoms with Gasteiger partial charge in [0.2, 0.25) is 5.91 Å². The summed E-state index contributed by atoms with van der Waals surface area (Å²) in [6.45, 7) is 10.5. The number of benzene rings is 1. The van der Waals surface area contributed by atoms with Gasteiger partial charge in [0.05, 0.1) is 12.6 Å². The molecule has 2 unspecified atom stereocenters. The highest BCUT2D eigenvalue weighted by Crippen LogP contribution is 2.34. The van der Waals surface area contributed by atoms with Crippen molar-refractivity contribution in [1.82, 2.24) is 10.2 Å². The number of fused-ring (bicyclic) bond motifs is 1. The van der Waals surface area contributed by atoms with E-state index in [0.717, 1.165) is 36.6 Å². The van der Waals surface area contributed by atoms with E-state index >= 15 is 0 Å². The summed E-state index contributed by atoms with van der Waals surface area (Å²) >= 11 is 0. The van der Waals surface area contributed by atoms with E-state index in [9.17, 15) is 4.79 Å². The minimum absolute atomic E-state index is 0. The van der Waals surface area contributed by atoms with Crippen LogP contribution < -0.4 is 20.5 Å². The monoisotopic (exact) mass is 397 g/mol. The number of nitrogens with two attached hydrogens (primary N) is 1. The van der Waals surface area contributed by atoms with Gasteiger partial charge in [-0.1, -0.05) is 26.8 Å². The summed E-state index contributed by atoms with van der Waals surface area (Å²) in [4.78, 5) is 14.8. The molecule has 1 saturated heterocycles. The van der Waals surface area contributed by atoms with Crippen LogP contribution in [-0.4, -0.2) is 50.2 Å². The fourth-order valence-corrected chi connectivity index (χ4v) is 3.74. The Labute approximate surface area is 168 Å². The third-order valence-corrected chi connectivity index (χ3v) is 5.41. The molecule has 2 heterocycles. The number of carbonyl (C=O) groups is 1. The number of nitrogens with zero attached hydrogens (tertiary/aromatic N) is 1. The molecule has 152 valence electrons. The van der Waals surface area contributed by atoms with Gasteiger partial charge in [-0.3, -0.25) is 9.69 Å². The smallest absolute Gasteiger partial charge is 0.234 e. The zero-order valence-corrected chi connectivity index (χ0v) is 17.3. The second-order valence-corrected chi connectivity index (χ2v) is 8.17. The Kier molecular flexibility index (Phi) is 7.37. The standard InChI is InChI=1S/C20H31N3O3.ClH/c1-14(2)19(15-4-5-16-17(10-15)26-9-8-25-16)22-18(24)11-23-7-6-20(3,12-21)13-23;/h4-5,10,14,19H,6-9,11-13,21H2,1-3H3,(H,22,24);1H. The average Bonchev–Trinajstić information content (AvgIpc) is 3.00. The highest BCUT2D eigenvalue weighted by Gasteiger charge is 2.33. The first-order chi connectivity index (χ1) is 12.4. The topological polar surface area (TPSA) is 76.8 Å². The van der Waals surface area contributed by atoms with E-state index in [0.29, 0.717) is 26.3 Å². The normalized spacial score (nSPS) is 23.0. The molecule has 0 spiro atoms. The number of hydrogen-bond donors (Lipinski definition) is 2. The average molecular weight is 398 g/mol. The SMILES string of the molecule is CC(C)C(NC(=O)CN1CCC(C)(CN)C1)c1ccc2c(c1)OCCO2.Cl. The Morgan fingerprint density at radius 2 is 2.00 bits per heavy atom. The van der Waals surface area contributed by atoms with Gasteiger partial charge in [0.15, 0.2) is 11.5 Å². The molecule has 0 aliphatic carbocycles. The first kappa shape index (κ1) is 21.8. The van der Waals surface area contributed by atoms with Crippen molar-refractivity contribution >= 4 is 18.3 Å². The molecular formula is C20H32ClN3O3. The van der Waals surface area contributed by atoms with Crippen LogP contribution in [0.4, 0.5) is 0 Å². The van der Waals surface area contributed by atoms with Gasteiger partial charge in [-0.15, -0.1) is 12.4 Å². The van der Waals surface area contributed by atoms with Crippen molar-refractivity contribution in [3.63, 3.8) is 0 Å². The highest BCUT2D eigenvalue weighted by atomic mass is 35.5. The van der Waals surface area contributed by atoms with Crippen LogP contribution in [0.15, 0.2) is 18.2 Å². The second kappa shape index (κ2) is 9.13. The van der Waals surface area contributed by atoms with E-state index < -0.39 is 0 Å². The summed E-state index contributed by atoms with van der Waals surface area (Å²) in [7, 11) is 0. The Bertz CT molecular complexity index is 655. The quantitative estimate of drug-likeness (QED) is 0.770. The third kappa shape index (κ3) is 5.27. The number of amides is 1. The Balaban J connectivity index is 0.00000261. The molecule has 0 radical (unpaired) electrons. The van der Waals surface area contributed by atoms with Gasteiger partial charge in [0.1, 0.15) is 13.2 Å². The summed E-state index contributed by atoms with van der Waals surface area (Å²) in [6, 6.07) is 5.88. The van der Waals surface area contributed by atoms with Gasteiger partial charge in [0, 0.05) is 6.54 Å². The lowest BCUT2D eigenvalue weighted by Crippen LogP contribution is -2.40. The third-order valence-electron chi connectivity index (χ3n) is 5.41. The summed E-state index contributed by atoms with van der Waals surface area (Å²) in [5.41, 5.74) is 7.04. The van der Waals surface area contributed by atoms with Crippen LogP contribution >= 0.6 is 12.4 Å². The second-order valence-electron chi connectivity index (χ2n) is 8.17. The molecule has 1 amide bonds. The van der Waals surface area contributed by atoms with Crippen molar-refractivity contribution in [2.24, 2.45) is 17.1 Å². The Morgan fingerprint density at radius 1 is 1.30 bits per heavy atom. The lowest BCUT2D eigenvalue weighted by molar-refractivity contribution is -0.123. The number of rotatable bonds is 6. The maximum absolute atomic E-state index is 12.6. The van der Waals surface area contributed by atoms with E-state index in [1.807, 2.05) is 18.2 Å². The number of ether oxygens (including phenoxy) is 2. The van der Waals surface area contributed by atoms with Crippen LogP contribution in [0.3, 0.4) is 0 Å². The predicted octanol–water partition coefficient (Wildman–Crippen LogP) is 2.36. The van der Waals surface area contributed by atoms with Gasteiger partial charge >= 0.3 is 0 Å². The lowest BCUT2D eigenvalue weighted by Gasteiger charge is -2.27. The van der Waals surface area contributed by atoms with Crippen LogP contribution in [0, 0.1) is 11.3 Å². The van der Waals surface area contributed by atoms with Crippen molar-refractivity contribution in [1.29, 1.82) is 0 Å². The number of hydrogen-bond acceptors (Lipinski definition) is 5. The first-order valence-electron chi connectivity index (χ1n) is 9.51. The number of nitrogens with one attached hydrogen (secondary N) is 1. The maximum Gasteiger partial charge on any atom is 0.234 e. The van der Waals surface area contributed by atoms with Crippen molar-refractivity contribution in [2.45, 2.75) is 33.2 Å². The van der Waals surface area contributed by atoms with E-state index in [2.05, 4.69) is 31.0 Å². The van der Waals surface area contributed by atoms with Crippen molar-refractivity contribution < 1.29 is 14.3 Å². The molecule has 2 aliphatic heterocycles. The van der Waals surface area contributed by atoms with Gasteiger partial charge < -0.3 is 20.5 Å². The molecule has 0 aromatic heterocycles. The summed E-state index contributed by atoms with van der Waals surface area (Å²) in [5.74, 6) is 1.85. The minimum Gasteiger partial charge on any atom is -0.486 e. The van der Waals surface area contributed by atoms with Gasteiger partial charge in [-0.25, -0.2) is 0 Å². The van der Waals surface area contributed by atoms with Crippen LogP contribution in [0.2, 0.25) is 0 Å². The molecule has 0 saturated carbocycles. The maximum atomic E-state index is 12.6. The van der Waals surface area contributed by atoms with Gasteiger partial charge in [0.25, 0.3) is 0 Å². The summed E-state index contributed by atoms with van der Waals surface area (Å²) in [5, 5.41) is 3.20. The van der Waals surface area contributed by atoms with Gasteiger partial charge in [-0.05, 0) is 48.5 Å². The fraction of sp³-hybridized carbons (Fsp3) is 0.650. The van der Waals surface area contributed by atoms with Crippen LogP contribution in [0.1, 0.15) is 38.8 Å². The molecular weight excluding hydrogens is 366 g/mol. The zero-order chi connectivity index (χ0) is 18.7. The number of halogens is 1. The van der Waals surface area contributed by atoms with Gasteiger partial charge in [-0.2, -0.15) is 0 Å².